The van der Waals surface area contributed by atoms with E-state index in [4.69, 9.17) is 0 Å². The van der Waals surface area contributed by atoms with Crippen molar-refractivity contribution in [2.24, 2.45) is 0 Å². The molecule has 1 amide bonds. The van der Waals surface area contributed by atoms with Crippen LogP contribution in [0.2, 0.25) is 0 Å². The summed E-state index contributed by atoms with van der Waals surface area (Å²) < 4.78 is 0. The molecule has 26 heavy (non-hydrogen) atoms. The van der Waals surface area contributed by atoms with Gasteiger partial charge in [0.2, 0.25) is 5.95 Å². The van der Waals surface area contributed by atoms with Gasteiger partial charge in [-0.2, -0.15) is 0 Å². The molecule has 132 valence electrons. The Kier molecular flexibility index (Phi) is 5.93. The predicted octanol–water partition coefficient (Wildman–Crippen LogP) is 3.89. The molecule has 0 radical (unpaired) electrons. The summed E-state index contributed by atoms with van der Waals surface area (Å²) in [4.78, 5) is 20.7. The van der Waals surface area contributed by atoms with E-state index in [-0.39, 0.29) is 5.91 Å². The van der Waals surface area contributed by atoms with Crippen LogP contribution in [0.25, 0.3) is 0 Å². The fourth-order valence-electron chi connectivity index (χ4n) is 2.54. The molecule has 0 fully saturated rings. The minimum atomic E-state index is -0.188. The van der Waals surface area contributed by atoms with Gasteiger partial charge >= 0.3 is 0 Å². The molecular formula is C21H22N4O. The second-order valence-electron chi connectivity index (χ2n) is 6.10. The zero-order chi connectivity index (χ0) is 18.2. The van der Waals surface area contributed by atoms with Gasteiger partial charge in [-0.3, -0.25) is 4.79 Å². The molecule has 1 aromatic heterocycles. The van der Waals surface area contributed by atoms with Crippen LogP contribution >= 0.6 is 0 Å². The summed E-state index contributed by atoms with van der Waals surface area (Å²) in [5, 5.41) is 6.02. The van der Waals surface area contributed by atoms with Crippen LogP contribution < -0.4 is 10.6 Å². The number of carbonyl (C=O) groups excluding carboxylic acids is 1. The highest BCUT2D eigenvalue weighted by Gasteiger charge is 2.08. The summed E-state index contributed by atoms with van der Waals surface area (Å²) in [6.07, 6.45) is 3.41. The SMILES string of the molecule is Cc1ccc(Nc2nccc(C(=O)NCCCc3ccccc3)n2)cc1. The third-order valence-electron chi connectivity index (χ3n) is 3.97. The molecule has 0 atom stereocenters. The van der Waals surface area contributed by atoms with Gasteiger partial charge in [0.25, 0.3) is 5.91 Å². The Morgan fingerprint density at radius 3 is 2.54 bits per heavy atom. The first-order valence-corrected chi connectivity index (χ1v) is 8.69. The summed E-state index contributed by atoms with van der Waals surface area (Å²) in [5.41, 5.74) is 3.69. The van der Waals surface area contributed by atoms with Crippen molar-refractivity contribution in [3.8, 4) is 0 Å². The zero-order valence-electron chi connectivity index (χ0n) is 14.8. The van der Waals surface area contributed by atoms with Gasteiger partial charge in [-0.05, 0) is 43.5 Å². The number of carbonyl (C=O) groups is 1. The molecule has 3 aromatic rings. The molecule has 2 aromatic carbocycles. The molecule has 0 unspecified atom stereocenters. The van der Waals surface area contributed by atoms with Crippen molar-refractivity contribution in [1.29, 1.82) is 0 Å². The summed E-state index contributed by atoms with van der Waals surface area (Å²) in [6, 6.07) is 19.8. The van der Waals surface area contributed by atoms with Crippen LogP contribution in [-0.4, -0.2) is 22.4 Å². The van der Waals surface area contributed by atoms with Crippen molar-refractivity contribution in [1.82, 2.24) is 15.3 Å². The molecular weight excluding hydrogens is 324 g/mol. The van der Waals surface area contributed by atoms with Crippen LogP contribution in [0.4, 0.5) is 11.6 Å². The first-order valence-electron chi connectivity index (χ1n) is 8.69. The van der Waals surface area contributed by atoms with E-state index in [2.05, 4.69) is 32.7 Å². The topological polar surface area (TPSA) is 66.9 Å². The van der Waals surface area contributed by atoms with Gasteiger partial charge in [0, 0.05) is 18.4 Å². The monoisotopic (exact) mass is 346 g/mol. The number of aryl methyl sites for hydroxylation is 2. The number of nitrogens with zero attached hydrogens (tertiary/aromatic N) is 2. The van der Waals surface area contributed by atoms with Crippen LogP contribution in [0.5, 0.6) is 0 Å². The van der Waals surface area contributed by atoms with Gasteiger partial charge in [0.15, 0.2) is 0 Å². The summed E-state index contributed by atoms with van der Waals surface area (Å²) >= 11 is 0. The van der Waals surface area contributed by atoms with Gasteiger partial charge in [-0.15, -0.1) is 0 Å². The van der Waals surface area contributed by atoms with E-state index < -0.39 is 0 Å². The van der Waals surface area contributed by atoms with Crippen molar-refractivity contribution in [2.75, 3.05) is 11.9 Å². The van der Waals surface area contributed by atoms with Crippen molar-refractivity contribution < 1.29 is 4.79 Å². The highest BCUT2D eigenvalue weighted by Crippen LogP contribution is 2.13. The Bertz CT molecular complexity index is 847. The number of nitrogens with one attached hydrogen (secondary N) is 2. The van der Waals surface area contributed by atoms with Crippen molar-refractivity contribution in [3.63, 3.8) is 0 Å². The van der Waals surface area contributed by atoms with Crippen molar-refractivity contribution in [2.45, 2.75) is 19.8 Å². The van der Waals surface area contributed by atoms with Crippen LogP contribution in [0.3, 0.4) is 0 Å². The maximum absolute atomic E-state index is 12.3. The molecule has 0 saturated heterocycles. The molecule has 0 bridgehead atoms. The van der Waals surface area contributed by atoms with Gasteiger partial charge in [-0.25, -0.2) is 9.97 Å². The lowest BCUT2D eigenvalue weighted by atomic mass is 10.1. The minimum absolute atomic E-state index is 0.188. The van der Waals surface area contributed by atoms with E-state index in [1.807, 2.05) is 49.4 Å². The first kappa shape index (κ1) is 17.6. The fraction of sp³-hybridized carbons (Fsp3) is 0.190. The number of amides is 1. The Hall–Kier alpha value is -3.21. The van der Waals surface area contributed by atoms with E-state index in [0.29, 0.717) is 18.2 Å². The molecule has 1 heterocycles. The largest absolute Gasteiger partial charge is 0.351 e. The van der Waals surface area contributed by atoms with Crippen molar-refractivity contribution in [3.05, 3.63) is 83.7 Å². The van der Waals surface area contributed by atoms with E-state index in [0.717, 1.165) is 18.5 Å². The quantitative estimate of drug-likeness (QED) is 0.637. The molecule has 3 rings (SSSR count). The number of benzene rings is 2. The van der Waals surface area contributed by atoms with Gasteiger partial charge in [0.05, 0.1) is 0 Å². The van der Waals surface area contributed by atoms with E-state index in [1.54, 1.807) is 12.3 Å². The summed E-state index contributed by atoms with van der Waals surface area (Å²) in [7, 11) is 0. The molecule has 5 heteroatoms. The fourth-order valence-corrected chi connectivity index (χ4v) is 2.54. The molecule has 0 aliphatic carbocycles. The smallest absolute Gasteiger partial charge is 0.270 e. The van der Waals surface area contributed by atoms with Crippen LogP contribution in [0.15, 0.2) is 66.9 Å². The lowest BCUT2D eigenvalue weighted by Crippen LogP contribution is -2.26. The minimum Gasteiger partial charge on any atom is -0.351 e. The van der Waals surface area contributed by atoms with Crippen LogP contribution in [0, 0.1) is 6.92 Å². The number of aromatic nitrogens is 2. The standard InChI is InChI=1S/C21H22N4O/c1-16-9-11-18(12-10-16)24-21-23-15-13-19(25-21)20(26)22-14-5-8-17-6-3-2-4-7-17/h2-4,6-7,9-13,15H,5,8,14H2,1H3,(H,22,26)(H,23,24,25). The average Bonchev–Trinajstić information content (AvgIpc) is 2.68. The van der Waals surface area contributed by atoms with E-state index >= 15 is 0 Å². The highest BCUT2D eigenvalue weighted by atomic mass is 16.1. The van der Waals surface area contributed by atoms with E-state index in [9.17, 15) is 4.79 Å². The van der Waals surface area contributed by atoms with Gasteiger partial charge < -0.3 is 10.6 Å². The number of hydrogen-bond acceptors (Lipinski definition) is 4. The average molecular weight is 346 g/mol. The lowest BCUT2D eigenvalue weighted by Gasteiger charge is -2.08. The van der Waals surface area contributed by atoms with Crippen molar-refractivity contribution >= 4 is 17.5 Å². The maximum Gasteiger partial charge on any atom is 0.270 e. The number of hydrogen-bond donors (Lipinski definition) is 2. The third kappa shape index (κ3) is 5.14. The van der Waals surface area contributed by atoms with Gasteiger partial charge in [-0.1, -0.05) is 48.0 Å². The Morgan fingerprint density at radius 2 is 1.77 bits per heavy atom. The third-order valence-corrected chi connectivity index (χ3v) is 3.97. The summed E-state index contributed by atoms with van der Waals surface area (Å²) in [6.45, 7) is 2.64. The predicted molar refractivity (Wildman–Crippen MR) is 104 cm³/mol. The molecule has 0 aliphatic rings. The van der Waals surface area contributed by atoms with E-state index in [1.165, 1.54) is 11.1 Å². The van der Waals surface area contributed by atoms with Gasteiger partial charge in [0.1, 0.15) is 5.69 Å². The number of rotatable bonds is 7. The lowest BCUT2D eigenvalue weighted by molar-refractivity contribution is 0.0948. The second kappa shape index (κ2) is 8.76. The molecule has 5 nitrogen and oxygen atoms in total. The highest BCUT2D eigenvalue weighted by molar-refractivity contribution is 5.92. The van der Waals surface area contributed by atoms with Crippen LogP contribution in [0.1, 0.15) is 28.0 Å². The normalized spacial score (nSPS) is 10.3. The molecule has 2 N–H and O–H groups in total. The molecule has 0 aliphatic heterocycles. The zero-order valence-corrected chi connectivity index (χ0v) is 14.8. The number of anilines is 2. The summed E-state index contributed by atoms with van der Waals surface area (Å²) in [5.74, 6) is 0.221. The molecule has 0 spiro atoms. The molecule has 0 saturated carbocycles. The first-order chi connectivity index (χ1) is 12.7. The second-order valence-corrected chi connectivity index (χ2v) is 6.10. The van der Waals surface area contributed by atoms with Crippen LogP contribution in [-0.2, 0) is 6.42 Å². The Morgan fingerprint density at radius 1 is 1.00 bits per heavy atom. The Balaban J connectivity index is 1.52. The maximum atomic E-state index is 12.3. The Labute approximate surface area is 153 Å².